The van der Waals surface area contributed by atoms with Crippen molar-refractivity contribution in [2.45, 2.75) is 31.7 Å². The van der Waals surface area contributed by atoms with Crippen LogP contribution in [0.2, 0.25) is 5.02 Å². The minimum atomic E-state index is -3.66. The maximum atomic E-state index is 12.7. The molecular formula is C19H23ClN2O5S. The number of sulfonamides is 1. The number of hydrogen-bond acceptors (Lipinski definition) is 5. The fourth-order valence-corrected chi connectivity index (χ4v) is 4.84. The van der Waals surface area contributed by atoms with Crippen LogP contribution in [-0.2, 0) is 16.6 Å². The number of rotatable bonds is 6. The van der Waals surface area contributed by atoms with Gasteiger partial charge in [0.05, 0.1) is 29.7 Å². The first-order valence-corrected chi connectivity index (χ1v) is 11.0. The van der Waals surface area contributed by atoms with E-state index in [4.69, 9.17) is 21.1 Å². The molecule has 0 atom stereocenters. The molecule has 3 rings (SSSR count). The molecule has 7 nitrogen and oxygen atoms in total. The summed E-state index contributed by atoms with van der Waals surface area (Å²) < 4.78 is 39.5. The average molecular weight is 427 g/mol. The van der Waals surface area contributed by atoms with Crippen LogP contribution in [0.4, 0.5) is 0 Å². The van der Waals surface area contributed by atoms with Crippen molar-refractivity contribution in [3.8, 4) is 11.5 Å². The van der Waals surface area contributed by atoms with Gasteiger partial charge in [-0.25, -0.2) is 8.42 Å². The van der Waals surface area contributed by atoms with Crippen LogP contribution in [0, 0.1) is 0 Å². The number of ether oxygens (including phenoxy) is 2. The SMILES string of the molecule is CCN(CC)S(=O)(=O)c1ccc(=O)n(Cc2cc(Cl)c3c(c2)OCCCO3)c1. The molecule has 152 valence electrons. The topological polar surface area (TPSA) is 77.8 Å². The molecule has 1 aliphatic heterocycles. The van der Waals surface area contributed by atoms with Gasteiger partial charge in [-0.05, 0) is 23.8 Å². The van der Waals surface area contributed by atoms with Gasteiger partial charge < -0.3 is 14.0 Å². The molecule has 0 N–H and O–H groups in total. The largest absolute Gasteiger partial charge is 0.489 e. The third-order valence-electron chi connectivity index (χ3n) is 4.51. The zero-order chi connectivity index (χ0) is 20.3. The highest BCUT2D eigenvalue weighted by Gasteiger charge is 2.22. The van der Waals surface area contributed by atoms with E-state index < -0.39 is 10.0 Å². The van der Waals surface area contributed by atoms with Crippen LogP contribution in [0.3, 0.4) is 0 Å². The van der Waals surface area contributed by atoms with Gasteiger partial charge in [-0.3, -0.25) is 4.79 Å². The monoisotopic (exact) mass is 426 g/mol. The first-order chi connectivity index (χ1) is 13.4. The van der Waals surface area contributed by atoms with Crippen molar-refractivity contribution < 1.29 is 17.9 Å². The molecule has 2 aromatic rings. The molecule has 0 unspecified atom stereocenters. The van der Waals surface area contributed by atoms with E-state index in [1.807, 2.05) is 0 Å². The van der Waals surface area contributed by atoms with Crippen LogP contribution in [0.5, 0.6) is 11.5 Å². The number of fused-ring (bicyclic) bond motifs is 1. The second-order valence-corrected chi connectivity index (χ2v) is 8.72. The standard InChI is InChI=1S/C19H23ClN2O5S/c1-3-22(4-2)28(24,25)15-6-7-18(23)21(13-15)12-14-10-16(20)19-17(11-14)26-8-5-9-27-19/h6-7,10-11,13H,3-5,8-9,12H2,1-2H3. The van der Waals surface area contributed by atoms with Gasteiger partial charge in [0.1, 0.15) is 0 Å². The molecule has 1 aliphatic rings. The van der Waals surface area contributed by atoms with E-state index in [0.717, 1.165) is 6.42 Å². The maximum absolute atomic E-state index is 12.7. The van der Waals surface area contributed by atoms with Crippen LogP contribution in [0.15, 0.2) is 40.2 Å². The molecule has 1 aromatic heterocycles. The van der Waals surface area contributed by atoms with Gasteiger partial charge in [-0.1, -0.05) is 25.4 Å². The summed E-state index contributed by atoms with van der Waals surface area (Å²) in [5, 5.41) is 0.398. The van der Waals surface area contributed by atoms with E-state index in [9.17, 15) is 13.2 Å². The van der Waals surface area contributed by atoms with Gasteiger partial charge in [-0.15, -0.1) is 0 Å². The Morgan fingerprint density at radius 1 is 1.14 bits per heavy atom. The molecule has 0 aliphatic carbocycles. The van der Waals surface area contributed by atoms with Crippen LogP contribution in [0.1, 0.15) is 25.8 Å². The van der Waals surface area contributed by atoms with Crippen LogP contribution < -0.4 is 15.0 Å². The fraction of sp³-hybridized carbons (Fsp3) is 0.421. The summed E-state index contributed by atoms with van der Waals surface area (Å²) in [4.78, 5) is 12.4. The summed E-state index contributed by atoms with van der Waals surface area (Å²) >= 11 is 6.31. The maximum Gasteiger partial charge on any atom is 0.250 e. The Morgan fingerprint density at radius 3 is 2.57 bits per heavy atom. The molecule has 28 heavy (non-hydrogen) atoms. The number of hydrogen-bond donors (Lipinski definition) is 0. The number of nitrogens with zero attached hydrogens (tertiary/aromatic N) is 2. The van der Waals surface area contributed by atoms with Crippen molar-refractivity contribution >= 4 is 21.6 Å². The summed E-state index contributed by atoms with van der Waals surface area (Å²) in [6.07, 6.45) is 2.12. The second kappa shape index (κ2) is 8.55. The molecule has 0 fully saturated rings. The molecule has 9 heteroatoms. The molecule has 0 bridgehead atoms. The molecule has 0 spiro atoms. The Morgan fingerprint density at radius 2 is 1.86 bits per heavy atom. The summed E-state index contributed by atoms with van der Waals surface area (Å²) in [5.41, 5.74) is 0.412. The molecule has 1 aromatic carbocycles. The zero-order valence-corrected chi connectivity index (χ0v) is 17.4. The lowest BCUT2D eigenvalue weighted by molar-refractivity contribution is 0.297. The Labute approximate surface area is 169 Å². The van der Waals surface area contributed by atoms with Gasteiger partial charge in [-0.2, -0.15) is 4.31 Å². The van der Waals surface area contributed by atoms with E-state index in [2.05, 4.69) is 0 Å². The Hall–Kier alpha value is -2.03. The van der Waals surface area contributed by atoms with E-state index in [1.54, 1.807) is 26.0 Å². The quantitative estimate of drug-likeness (QED) is 0.709. The van der Waals surface area contributed by atoms with Crippen molar-refractivity contribution in [3.63, 3.8) is 0 Å². The first kappa shape index (κ1) is 20.7. The summed E-state index contributed by atoms with van der Waals surface area (Å²) in [6.45, 7) is 5.47. The van der Waals surface area contributed by atoms with Crippen molar-refractivity contribution in [2.75, 3.05) is 26.3 Å². The second-order valence-electron chi connectivity index (χ2n) is 6.38. The normalized spacial score (nSPS) is 14.1. The lowest BCUT2D eigenvalue weighted by atomic mass is 10.2. The van der Waals surface area contributed by atoms with E-state index in [1.165, 1.54) is 27.2 Å². The van der Waals surface area contributed by atoms with Gasteiger partial charge >= 0.3 is 0 Å². The van der Waals surface area contributed by atoms with Crippen molar-refractivity contribution in [2.24, 2.45) is 0 Å². The van der Waals surface area contributed by atoms with E-state index in [-0.39, 0.29) is 17.0 Å². The minimum Gasteiger partial charge on any atom is -0.489 e. The molecule has 2 heterocycles. The minimum absolute atomic E-state index is 0.0799. The highest BCUT2D eigenvalue weighted by molar-refractivity contribution is 7.89. The van der Waals surface area contributed by atoms with Gasteiger partial charge in [0, 0.05) is 31.8 Å². The summed E-state index contributed by atoms with van der Waals surface area (Å²) in [7, 11) is -3.66. The fourth-order valence-electron chi connectivity index (χ4n) is 3.07. The van der Waals surface area contributed by atoms with Crippen LogP contribution in [0.25, 0.3) is 0 Å². The smallest absolute Gasteiger partial charge is 0.250 e. The van der Waals surface area contributed by atoms with E-state index >= 15 is 0 Å². The lowest BCUT2D eigenvalue weighted by Crippen LogP contribution is -2.32. The van der Waals surface area contributed by atoms with Gasteiger partial charge in [0.25, 0.3) is 5.56 Å². The molecule has 0 radical (unpaired) electrons. The highest BCUT2D eigenvalue weighted by atomic mass is 35.5. The number of benzene rings is 1. The Balaban J connectivity index is 1.96. The number of halogens is 1. The third-order valence-corrected chi connectivity index (χ3v) is 6.83. The van der Waals surface area contributed by atoms with Crippen molar-refractivity contribution in [1.29, 1.82) is 0 Å². The zero-order valence-electron chi connectivity index (χ0n) is 15.9. The lowest BCUT2D eigenvalue weighted by Gasteiger charge is -2.19. The summed E-state index contributed by atoms with van der Waals surface area (Å²) in [5.74, 6) is 1.02. The van der Waals surface area contributed by atoms with E-state index in [0.29, 0.717) is 48.4 Å². The number of pyridine rings is 1. The Bertz CT molecular complexity index is 1020. The Kier molecular flexibility index (Phi) is 6.32. The van der Waals surface area contributed by atoms with Crippen molar-refractivity contribution in [3.05, 3.63) is 51.4 Å². The van der Waals surface area contributed by atoms with Crippen LogP contribution >= 0.6 is 11.6 Å². The number of aromatic nitrogens is 1. The van der Waals surface area contributed by atoms with Gasteiger partial charge in [0.2, 0.25) is 10.0 Å². The summed E-state index contributed by atoms with van der Waals surface area (Å²) in [6, 6.07) is 6.08. The predicted octanol–water partition coefficient (Wildman–Crippen LogP) is 2.74. The molecular weight excluding hydrogens is 404 g/mol. The molecule has 0 saturated heterocycles. The predicted molar refractivity (Wildman–Crippen MR) is 107 cm³/mol. The van der Waals surface area contributed by atoms with Crippen LogP contribution in [-0.4, -0.2) is 43.6 Å². The third kappa shape index (κ3) is 4.19. The first-order valence-electron chi connectivity index (χ1n) is 9.15. The van der Waals surface area contributed by atoms with Gasteiger partial charge in [0.15, 0.2) is 11.5 Å². The molecule has 0 amide bonds. The average Bonchev–Trinajstić information content (AvgIpc) is 2.90. The molecule has 0 saturated carbocycles. The van der Waals surface area contributed by atoms with Crippen molar-refractivity contribution in [1.82, 2.24) is 8.87 Å². The highest BCUT2D eigenvalue weighted by Crippen LogP contribution is 2.38.